The summed E-state index contributed by atoms with van der Waals surface area (Å²) in [5.74, 6) is 0.655. The van der Waals surface area contributed by atoms with Crippen molar-refractivity contribution in [3.63, 3.8) is 0 Å². The Hall–Kier alpha value is -1.75. The minimum atomic E-state index is -0.719. The van der Waals surface area contributed by atoms with Crippen molar-refractivity contribution in [3.05, 3.63) is 24.3 Å². The van der Waals surface area contributed by atoms with Gasteiger partial charge in [-0.25, -0.2) is 4.79 Å². The third kappa shape index (κ3) is 1.93. The maximum Gasteiger partial charge on any atom is 0.415 e. The molecule has 0 saturated carbocycles. The van der Waals surface area contributed by atoms with Crippen LogP contribution in [0.25, 0.3) is 0 Å². The molecule has 0 aliphatic carbocycles. The van der Waals surface area contributed by atoms with Crippen molar-refractivity contribution >= 4 is 11.8 Å². The highest BCUT2D eigenvalue weighted by Crippen LogP contribution is 2.32. The Morgan fingerprint density at radius 2 is 2.35 bits per heavy atom. The summed E-state index contributed by atoms with van der Waals surface area (Å²) in [6.45, 7) is 1.80. The summed E-state index contributed by atoms with van der Waals surface area (Å²) < 4.78 is 10.1. The predicted molar refractivity (Wildman–Crippen MR) is 62.3 cm³/mol. The molecule has 0 aromatic heterocycles. The Balaban J connectivity index is 2.39. The lowest BCUT2D eigenvalue weighted by Crippen LogP contribution is -2.47. The zero-order chi connectivity index (χ0) is 12.5. The van der Waals surface area contributed by atoms with Gasteiger partial charge in [-0.3, -0.25) is 4.90 Å². The average Bonchev–Trinajstić information content (AvgIpc) is 2.66. The molecule has 1 aliphatic heterocycles. The highest BCUT2D eigenvalue weighted by Gasteiger charge is 2.44. The topological polar surface area (TPSA) is 59.0 Å². The van der Waals surface area contributed by atoms with Gasteiger partial charge in [0, 0.05) is 6.07 Å². The maximum absolute atomic E-state index is 11.7. The lowest BCUT2D eigenvalue weighted by molar-refractivity contribution is 0.155. The zero-order valence-electron chi connectivity index (χ0n) is 9.84. The van der Waals surface area contributed by atoms with E-state index in [0.717, 1.165) is 0 Å². The van der Waals surface area contributed by atoms with Gasteiger partial charge in [0.05, 0.1) is 19.4 Å². The van der Waals surface area contributed by atoms with Crippen LogP contribution in [0.5, 0.6) is 5.75 Å². The number of nitrogens with zero attached hydrogens (tertiary/aromatic N) is 1. The summed E-state index contributed by atoms with van der Waals surface area (Å²) in [6, 6.07) is 7.10. The Morgan fingerprint density at radius 1 is 1.59 bits per heavy atom. The molecule has 1 aromatic carbocycles. The molecule has 1 N–H and O–H groups in total. The van der Waals surface area contributed by atoms with Gasteiger partial charge in [-0.2, -0.15) is 0 Å². The first-order valence-corrected chi connectivity index (χ1v) is 5.32. The summed E-state index contributed by atoms with van der Waals surface area (Å²) in [4.78, 5) is 13.2. The van der Waals surface area contributed by atoms with Crippen LogP contribution in [0.2, 0.25) is 0 Å². The van der Waals surface area contributed by atoms with Gasteiger partial charge in [-0.1, -0.05) is 6.07 Å². The second-order valence-electron chi connectivity index (χ2n) is 4.25. The number of carbonyl (C=O) groups is 1. The first-order chi connectivity index (χ1) is 8.10. The van der Waals surface area contributed by atoms with Gasteiger partial charge in [0.1, 0.15) is 17.9 Å². The minimum Gasteiger partial charge on any atom is -0.497 e. The first kappa shape index (κ1) is 11.7. The molecule has 2 rings (SSSR count). The van der Waals surface area contributed by atoms with Gasteiger partial charge < -0.3 is 14.6 Å². The fraction of sp³-hybridized carbons (Fsp3) is 0.417. The molecule has 92 valence electrons. The number of anilines is 1. The second kappa shape index (κ2) is 4.25. The van der Waals surface area contributed by atoms with Gasteiger partial charge in [0.25, 0.3) is 0 Å². The molecule has 1 amide bonds. The molecule has 1 unspecified atom stereocenters. The summed E-state index contributed by atoms with van der Waals surface area (Å²) in [5.41, 5.74) is -0.0629. The number of hydrogen-bond donors (Lipinski definition) is 1. The van der Waals surface area contributed by atoms with Crippen LogP contribution in [0, 0.1) is 0 Å². The van der Waals surface area contributed by atoms with E-state index < -0.39 is 11.6 Å². The monoisotopic (exact) mass is 237 g/mol. The predicted octanol–water partition coefficient (Wildman–Crippen LogP) is 1.40. The number of cyclic esters (lactones) is 1. The number of ether oxygens (including phenoxy) is 2. The standard InChI is InChI=1S/C12H15NO4/c1-12(7-14)8-17-11(15)13(12)9-4-3-5-10(6-9)16-2/h3-6,14H,7-8H2,1-2H3. The lowest BCUT2D eigenvalue weighted by Gasteiger charge is -2.29. The second-order valence-corrected chi connectivity index (χ2v) is 4.25. The molecule has 1 aliphatic rings. The van der Waals surface area contributed by atoms with Crippen molar-refractivity contribution in [1.29, 1.82) is 0 Å². The van der Waals surface area contributed by atoms with Crippen molar-refractivity contribution in [2.45, 2.75) is 12.5 Å². The summed E-state index contributed by atoms with van der Waals surface area (Å²) in [5, 5.41) is 9.40. The van der Waals surface area contributed by atoms with Crippen molar-refractivity contribution in [1.82, 2.24) is 0 Å². The fourth-order valence-corrected chi connectivity index (χ4v) is 1.85. The molecule has 1 heterocycles. The third-order valence-electron chi connectivity index (χ3n) is 2.88. The smallest absolute Gasteiger partial charge is 0.415 e. The molecular weight excluding hydrogens is 222 g/mol. The summed E-state index contributed by atoms with van der Waals surface area (Å²) in [6.07, 6.45) is -0.449. The van der Waals surface area contributed by atoms with E-state index in [-0.39, 0.29) is 13.2 Å². The molecule has 0 spiro atoms. The zero-order valence-corrected chi connectivity index (χ0v) is 9.84. The molecule has 1 atom stereocenters. The van der Waals surface area contributed by atoms with Crippen molar-refractivity contribution in [2.75, 3.05) is 25.2 Å². The number of carbonyl (C=O) groups excluding carboxylic acids is 1. The van der Waals surface area contributed by atoms with Crippen LogP contribution in [-0.4, -0.2) is 37.1 Å². The number of benzene rings is 1. The molecular formula is C12H15NO4. The summed E-state index contributed by atoms with van der Waals surface area (Å²) >= 11 is 0. The Kier molecular flexibility index (Phi) is 2.93. The van der Waals surface area contributed by atoms with Crippen molar-refractivity contribution in [3.8, 4) is 5.75 Å². The highest BCUT2D eigenvalue weighted by atomic mass is 16.6. The van der Waals surface area contributed by atoms with Crippen LogP contribution >= 0.6 is 0 Å². The molecule has 1 saturated heterocycles. The number of hydrogen-bond acceptors (Lipinski definition) is 4. The minimum absolute atomic E-state index is 0.157. The van der Waals surface area contributed by atoms with Crippen LogP contribution in [0.15, 0.2) is 24.3 Å². The quantitative estimate of drug-likeness (QED) is 0.863. The molecule has 5 nitrogen and oxygen atoms in total. The van der Waals surface area contributed by atoms with E-state index in [0.29, 0.717) is 11.4 Å². The van der Waals surface area contributed by atoms with Crippen LogP contribution in [-0.2, 0) is 4.74 Å². The largest absolute Gasteiger partial charge is 0.497 e. The number of methoxy groups -OCH3 is 1. The van der Waals surface area contributed by atoms with E-state index in [1.54, 1.807) is 38.3 Å². The van der Waals surface area contributed by atoms with E-state index in [1.807, 2.05) is 0 Å². The maximum atomic E-state index is 11.7. The van der Waals surface area contributed by atoms with Crippen LogP contribution in [0.3, 0.4) is 0 Å². The Labute approximate surface area is 99.6 Å². The van der Waals surface area contributed by atoms with Gasteiger partial charge in [0.2, 0.25) is 0 Å². The first-order valence-electron chi connectivity index (χ1n) is 5.32. The normalized spacial score (nSPS) is 23.7. The number of amides is 1. The van der Waals surface area contributed by atoms with Crippen molar-refractivity contribution < 1.29 is 19.4 Å². The fourth-order valence-electron chi connectivity index (χ4n) is 1.85. The van der Waals surface area contributed by atoms with Crippen LogP contribution in [0.1, 0.15) is 6.92 Å². The van der Waals surface area contributed by atoms with Gasteiger partial charge in [-0.15, -0.1) is 0 Å². The number of aliphatic hydroxyl groups is 1. The molecule has 17 heavy (non-hydrogen) atoms. The summed E-state index contributed by atoms with van der Waals surface area (Å²) in [7, 11) is 1.56. The van der Waals surface area contributed by atoms with Gasteiger partial charge in [0.15, 0.2) is 0 Å². The number of aliphatic hydroxyl groups excluding tert-OH is 1. The Bertz CT molecular complexity index is 434. The van der Waals surface area contributed by atoms with Crippen LogP contribution in [0.4, 0.5) is 10.5 Å². The third-order valence-corrected chi connectivity index (χ3v) is 2.88. The average molecular weight is 237 g/mol. The van der Waals surface area contributed by atoms with Crippen molar-refractivity contribution in [2.24, 2.45) is 0 Å². The van der Waals surface area contributed by atoms with E-state index in [2.05, 4.69) is 0 Å². The van der Waals surface area contributed by atoms with E-state index >= 15 is 0 Å². The molecule has 0 radical (unpaired) electrons. The van der Waals surface area contributed by atoms with Gasteiger partial charge >= 0.3 is 6.09 Å². The molecule has 0 bridgehead atoms. The molecule has 5 heteroatoms. The SMILES string of the molecule is COc1cccc(N2C(=O)OCC2(C)CO)c1. The number of rotatable bonds is 3. The highest BCUT2D eigenvalue weighted by molar-refractivity contribution is 5.91. The van der Waals surface area contributed by atoms with E-state index in [4.69, 9.17) is 9.47 Å². The van der Waals surface area contributed by atoms with Gasteiger partial charge in [-0.05, 0) is 19.1 Å². The molecule has 1 fully saturated rings. The van der Waals surface area contributed by atoms with E-state index in [1.165, 1.54) is 4.90 Å². The lowest BCUT2D eigenvalue weighted by atomic mass is 10.0. The van der Waals surface area contributed by atoms with Crippen LogP contribution < -0.4 is 9.64 Å². The Morgan fingerprint density at radius 3 is 3.00 bits per heavy atom. The van der Waals surface area contributed by atoms with E-state index in [9.17, 15) is 9.90 Å². The molecule has 1 aromatic rings.